The first-order valence-corrected chi connectivity index (χ1v) is 6.81. The molecule has 0 aliphatic carbocycles. The second-order valence-electron chi connectivity index (χ2n) is 5.09. The average molecular weight is 279 g/mol. The zero-order valence-electron chi connectivity index (χ0n) is 11.5. The van der Waals surface area contributed by atoms with Crippen LogP contribution < -0.4 is 10.5 Å². The van der Waals surface area contributed by atoms with Crippen molar-refractivity contribution in [1.82, 2.24) is 19.4 Å². The van der Waals surface area contributed by atoms with E-state index < -0.39 is 0 Å². The van der Waals surface area contributed by atoms with Crippen molar-refractivity contribution in [3.05, 3.63) is 58.3 Å². The summed E-state index contributed by atoms with van der Waals surface area (Å²) < 4.78 is 1.36. The highest BCUT2D eigenvalue weighted by Gasteiger charge is 2.22. The van der Waals surface area contributed by atoms with E-state index in [0.29, 0.717) is 17.4 Å². The molecule has 0 unspecified atom stereocenters. The van der Waals surface area contributed by atoms with Crippen molar-refractivity contribution in [2.45, 2.75) is 13.3 Å². The van der Waals surface area contributed by atoms with Crippen molar-refractivity contribution < 1.29 is 0 Å². The number of hydrogen-bond acceptors (Lipinski definition) is 5. The Morgan fingerprint density at radius 1 is 1.19 bits per heavy atom. The Kier molecular flexibility index (Phi) is 2.50. The standard InChI is InChI=1S/C15H13N5O/c1-10-8-13(21)20-9-16-14(18-15(20)17-10)19-7-6-11-4-2-3-5-12(11)19/h2-5,8-9H,6-7H2,1H3. The van der Waals surface area contributed by atoms with Crippen molar-refractivity contribution in [3.63, 3.8) is 0 Å². The smallest absolute Gasteiger partial charge is 0.260 e. The fourth-order valence-corrected chi connectivity index (χ4v) is 2.68. The normalized spacial score (nSPS) is 13.7. The van der Waals surface area contributed by atoms with Crippen LogP contribution in [0.25, 0.3) is 5.78 Å². The van der Waals surface area contributed by atoms with Gasteiger partial charge in [-0.3, -0.25) is 4.79 Å². The molecule has 1 aliphatic rings. The second-order valence-corrected chi connectivity index (χ2v) is 5.09. The van der Waals surface area contributed by atoms with Gasteiger partial charge in [0.15, 0.2) is 0 Å². The maximum absolute atomic E-state index is 11.9. The first kappa shape index (κ1) is 12.0. The number of aryl methyl sites for hydroxylation is 1. The van der Waals surface area contributed by atoms with E-state index in [0.717, 1.165) is 18.7 Å². The largest absolute Gasteiger partial charge is 0.310 e. The third kappa shape index (κ3) is 1.87. The Balaban J connectivity index is 1.87. The van der Waals surface area contributed by atoms with E-state index in [1.165, 1.54) is 22.4 Å². The molecule has 0 bridgehead atoms. The lowest BCUT2D eigenvalue weighted by molar-refractivity contribution is 0.879. The van der Waals surface area contributed by atoms with Gasteiger partial charge in [-0.1, -0.05) is 18.2 Å². The summed E-state index contributed by atoms with van der Waals surface area (Å²) in [6.45, 7) is 2.62. The molecule has 1 aliphatic heterocycles. The topological polar surface area (TPSA) is 63.4 Å². The van der Waals surface area contributed by atoms with Gasteiger partial charge in [0.05, 0.1) is 0 Å². The van der Waals surface area contributed by atoms with Gasteiger partial charge >= 0.3 is 0 Å². The van der Waals surface area contributed by atoms with Gasteiger partial charge in [-0.15, -0.1) is 0 Å². The van der Waals surface area contributed by atoms with Crippen molar-refractivity contribution in [1.29, 1.82) is 0 Å². The molecule has 0 atom stereocenters. The first-order valence-electron chi connectivity index (χ1n) is 6.81. The van der Waals surface area contributed by atoms with E-state index in [2.05, 4.69) is 32.0 Å². The minimum Gasteiger partial charge on any atom is -0.310 e. The number of aromatic nitrogens is 4. The number of rotatable bonds is 1. The number of fused-ring (bicyclic) bond motifs is 2. The van der Waals surface area contributed by atoms with Gasteiger partial charge in [0.25, 0.3) is 5.56 Å². The Bertz CT molecular complexity index is 902. The highest BCUT2D eigenvalue weighted by atomic mass is 16.1. The van der Waals surface area contributed by atoms with Gasteiger partial charge in [0.1, 0.15) is 6.33 Å². The van der Waals surface area contributed by atoms with Crippen LogP contribution in [-0.4, -0.2) is 25.9 Å². The molecule has 0 spiro atoms. The van der Waals surface area contributed by atoms with E-state index >= 15 is 0 Å². The Morgan fingerprint density at radius 2 is 2.05 bits per heavy atom. The zero-order chi connectivity index (χ0) is 14.4. The van der Waals surface area contributed by atoms with Crippen LogP contribution in [0.15, 0.2) is 41.5 Å². The first-order chi connectivity index (χ1) is 10.2. The lowest BCUT2D eigenvalue weighted by atomic mass is 10.2. The average Bonchev–Trinajstić information content (AvgIpc) is 2.90. The number of benzene rings is 1. The summed E-state index contributed by atoms with van der Waals surface area (Å²) in [5.41, 5.74) is 2.91. The van der Waals surface area contributed by atoms with Crippen LogP contribution in [0.4, 0.5) is 11.6 Å². The van der Waals surface area contributed by atoms with E-state index in [-0.39, 0.29) is 5.56 Å². The van der Waals surface area contributed by atoms with E-state index in [1.807, 2.05) is 12.1 Å². The Morgan fingerprint density at radius 3 is 2.95 bits per heavy atom. The predicted molar refractivity (Wildman–Crippen MR) is 78.9 cm³/mol. The molecule has 6 nitrogen and oxygen atoms in total. The summed E-state index contributed by atoms with van der Waals surface area (Å²) in [4.78, 5) is 27.0. The van der Waals surface area contributed by atoms with Crippen molar-refractivity contribution in [3.8, 4) is 0 Å². The molecule has 3 aromatic rings. The summed E-state index contributed by atoms with van der Waals surface area (Å²) in [5, 5.41) is 0. The van der Waals surface area contributed by atoms with E-state index in [9.17, 15) is 4.79 Å². The molecular formula is C15H13N5O. The fourth-order valence-electron chi connectivity index (χ4n) is 2.68. The quantitative estimate of drug-likeness (QED) is 0.675. The van der Waals surface area contributed by atoms with Crippen LogP contribution in [-0.2, 0) is 6.42 Å². The van der Waals surface area contributed by atoms with E-state index in [4.69, 9.17) is 0 Å². The molecular weight excluding hydrogens is 266 g/mol. The summed E-state index contributed by atoms with van der Waals surface area (Å²) in [5.74, 6) is 0.965. The molecule has 0 radical (unpaired) electrons. The lowest BCUT2D eigenvalue weighted by Gasteiger charge is -2.17. The van der Waals surface area contributed by atoms with Gasteiger partial charge < -0.3 is 4.90 Å². The SMILES string of the molecule is Cc1cc(=O)n2cnc(N3CCc4ccccc43)nc2n1. The molecule has 21 heavy (non-hydrogen) atoms. The van der Waals surface area contributed by atoms with Crippen molar-refractivity contribution in [2.75, 3.05) is 11.4 Å². The summed E-state index contributed by atoms with van der Waals surface area (Å²) in [7, 11) is 0. The summed E-state index contributed by atoms with van der Waals surface area (Å²) in [6.07, 6.45) is 2.46. The third-order valence-electron chi connectivity index (χ3n) is 3.68. The van der Waals surface area contributed by atoms with E-state index in [1.54, 1.807) is 6.92 Å². The lowest BCUT2D eigenvalue weighted by Crippen LogP contribution is -2.21. The van der Waals surface area contributed by atoms with Gasteiger partial charge in [-0.05, 0) is 25.0 Å². The number of nitrogens with zero attached hydrogens (tertiary/aromatic N) is 5. The zero-order valence-corrected chi connectivity index (χ0v) is 11.5. The fraction of sp³-hybridized carbons (Fsp3) is 0.200. The molecule has 0 saturated heterocycles. The molecule has 0 fully saturated rings. The third-order valence-corrected chi connectivity index (χ3v) is 3.68. The monoisotopic (exact) mass is 279 g/mol. The molecule has 2 aromatic heterocycles. The molecule has 1 aromatic carbocycles. The van der Waals surface area contributed by atoms with Crippen molar-refractivity contribution in [2.24, 2.45) is 0 Å². The number of para-hydroxylation sites is 1. The van der Waals surface area contributed by atoms with Crippen LogP contribution in [0.2, 0.25) is 0 Å². The van der Waals surface area contributed by atoms with Gasteiger partial charge in [-0.25, -0.2) is 14.4 Å². The van der Waals surface area contributed by atoms with Gasteiger partial charge in [-0.2, -0.15) is 4.98 Å². The van der Waals surface area contributed by atoms with Crippen LogP contribution >= 0.6 is 0 Å². The predicted octanol–water partition coefficient (Wildman–Crippen LogP) is 1.49. The van der Waals surface area contributed by atoms with Crippen LogP contribution in [0.3, 0.4) is 0 Å². The second kappa shape index (κ2) is 4.37. The summed E-state index contributed by atoms with van der Waals surface area (Å²) in [6, 6.07) is 9.69. The summed E-state index contributed by atoms with van der Waals surface area (Å²) >= 11 is 0. The van der Waals surface area contributed by atoms with Crippen LogP contribution in [0.5, 0.6) is 0 Å². The maximum atomic E-state index is 11.9. The van der Waals surface area contributed by atoms with Crippen LogP contribution in [0.1, 0.15) is 11.3 Å². The molecule has 104 valence electrons. The molecule has 0 saturated carbocycles. The Hall–Kier alpha value is -2.76. The van der Waals surface area contributed by atoms with Gasteiger partial charge in [0.2, 0.25) is 11.7 Å². The molecule has 4 rings (SSSR count). The molecule has 6 heteroatoms. The van der Waals surface area contributed by atoms with Crippen LogP contribution in [0, 0.1) is 6.92 Å². The molecule has 0 N–H and O–H groups in total. The van der Waals surface area contributed by atoms with Gasteiger partial charge in [0, 0.05) is 24.0 Å². The highest BCUT2D eigenvalue weighted by Crippen LogP contribution is 2.31. The number of hydrogen-bond donors (Lipinski definition) is 0. The highest BCUT2D eigenvalue weighted by molar-refractivity contribution is 5.66. The number of anilines is 2. The molecule has 0 amide bonds. The minimum absolute atomic E-state index is 0.161. The maximum Gasteiger partial charge on any atom is 0.260 e. The molecule has 3 heterocycles. The van der Waals surface area contributed by atoms with Crippen molar-refractivity contribution >= 4 is 17.4 Å². The Labute approximate surface area is 120 Å². The minimum atomic E-state index is -0.161.